The zero-order valence-electron chi connectivity index (χ0n) is 21.9. The van der Waals surface area contributed by atoms with Crippen LogP contribution >= 0.6 is 0 Å². The van der Waals surface area contributed by atoms with Gasteiger partial charge in [-0.25, -0.2) is 9.97 Å². The fourth-order valence-corrected chi connectivity index (χ4v) is 4.77. The number of benzene rings is 2. The van der Waals surface area contributed by atoms with Gasteiger partial charge in [0.2, 0.25) is 5.95 Å². The molecular formula is C28H31N9O. The molecule has 0 aliphatic carbocycles. The molecule has 0 radical (unpaired) electrons. The summed E-state index contributed by atoms with van der Waals surface area (Å²) in [6, 6.07) is 16.4. The van der Waals surface area contributed by atoms with Crippen LogP contribution in [0.25, 0.3) is 33.5 Å². The summed E-state index contributed by atoms with van der Waals surface area (Å²) >= 11 is 0. The summed E-state index contributed by atoms with van der Waals surface area (Å²) in [7, 11) is 1.97. The second-order valence-corrected chi connectivity index (χ2v) is 9.54. The Morgan fingerprint density at radius 2 is 1.76 bits per heavy atom. The quantitative estimate of drug-likeness (QED) is 0.326. The van der Waals surface area contributed by atoms with Crippen molar-refractivity contribution in [3.05, 3.63) is 60.0 Å². The number of fused-ring (bicyclic) bond motifs is 1. The van der Waals surface area contributed by atoms with E-state index in [1.807, 2.05) is 49.0 Å². The van der Waals surface area contributed by atoms with Crippen molar-refractivity contribution in [3.8, 4) is 22.6 Å². The van der Waals surface area contributed by atoms with Crippen LogP contribution in [0.4, 0.5) is 17.5 Å². The van der Waals surface area contributed by atoms with Crippen LogP contribution < -0.4 is 10.2 Å². The van der Waals surface area contributed by atoms with Crippen LogP contribution in [0.5, 0.6) is 0 Å². The third-order valence-corrected chi connectivity index (χ3v) is 6.77. The molecule has 1 fully saturated rings. The Morgan fingerprint density at radius 3 is 2.55 bits per heavy atom. The number of nitrogens with one attached hydrogen (secondary N) is 2. The number of aromatic nitrogens is 7. The standard InChI is InChI=1S/C28H31N9O/c1-4-5-25-31-27(34-33-25)19-6-9-21(10-7-19)29-26-17-23(30-28(32-26)37-12-14-38-15-13-37)20-8-11-22-18(2)35-36(3)24(22)16-20/h6-11,16-17H,4-5,12-15H2,1-3H3,(H,29,30,32)(H,31,33,34). The molecule has 6 rings (SSSR count). The molecule has 0 unspecified atom stereocenters. The number of hydrogen-bond acceptors (Lipinski definition) is 8. The van der Waals surface area contributed by atoms with Gasteiger partial charge >= 0.3 is 0 Å². The van der Waals surface area contributed by atoms with Gasteiger partial charge in [0.05, 0.1) is 30.1 Å². The Labute approximate surface area is 221 Å². The van der Waals surface area contributed by atoms with Crippen molar-refractivity contribution in [3.63, 3.8) is 0 Å². The van der Waals surface area contributed by atoms with Crippen molar-refractivity contribution in [1.82, 2.24) is 34.9 Å². The van der Waals surface area contributed by atoms with Crippen molar-refractivity contribution in [1.29, 1.82) is 0 Å². The van der Waals surface area contributed by atoms with Gasteiger partial charge in [-0.3, -0.25) is 9.78 Å². The molecule has 0 amide bonds. The van der Waals surface area contributed by atoms with Gasteiger partial charge < -0.3 is 15.0 Å². The first kappa shape index (κ1) is 24.1. The number of H-pyrrole nitrogens is 1. The summed E-state index contributed by atoms with van der Waals surface area (Å²) in [4.78, 5) is 16.6. The number of nitrogens with zero attached hydrogens (tertiary/aromatic N) is 7. The molecule has 0 saturated carbocycles. The zero-order chi connectivity index (χ0) is 26.1. The normalized spacial score (nSPS) is 13.8. The largest absolute Gasteiger partial charge is 0.378 e. The molecule has 1 saturated heterocycles. The molecule has 1 aliphatic heterocycles. The molecule has 38 heavy (non-hydrogen) atoms. The zero-order valence-corrected chi connectivity index (χ0v) is 21.9. The molecule has 0 spiro atoms. The highest BCUT2D eigenvalue weighted by atomic mass is 16.5. The maximum Gasteiger partial charge on any atom is 0.228 e. The lowest BCUT2D eigenvalue weighted by atomic mass is 10.1. The smallest absolute Gasteiger partial charge is 0.228 e. The molecule has 10 nitrogen and oxygen atoms in total. The van der Waals surface area contributed by atoms with Gasteiger partial charge in [-0.1, -0.05) is 19.1 Å². The maximum absolute atomic E-state index is 5.55. The molecule has 2 aromatic carbocycles. The molecule has 4 heterocycles. The number of anilines is 3. The van der Waals surface area contributed by atoms with E-state index >= 15 is 0 Å². The average Bonchev–Trinajstić information content (AvgIpc) is 3.53. The highest BCUT2D eigenvalue weighted by Gasteiger charge is 2.17. The van der Waals surface area contributed by atoms with E-state index in [4.69, 9.17) is 14.7 Å². The Balaban J connectivity index is 1.32. The molecular weight excluding hydrogens is 478 g/mol. The highest BCUT2D eigenvalue weighted by molar-refractivity contribution is 5.86. The van der Waals surface area contributed by atoms with Gasteiger partial charge in [0.15, 0.2) is 5.82 Å². The summed E-state index contributed by atoms with van der Waals surface area (Å²) in [6.07, 6.45) is 1.92. The van der Waals surface area contributed by atoms with Crippen molar-refractivity contribution >= 4 is 28.4 Å². The Bertz CT molecular complexity index is 1570. The predicted molar refractivity (Wildman–Crippen MR) is 149 cm³/mol. The summed E-state index contributed by atoms with van der Waals surface area (Å²) in [5.74, 6) is 3.04. The molecule has 194 valence electrons. The van der Waals surface area contributed by atoms with Crippen LogP contribution in [-0.2, 0) is 18.2 Å². The third-order valence-electron chi connectivity index (χ3n) is 6.77. The first-order valence-electron chi connectivity index (χ1n) is 13.0. The van der Waals surface area contributed by atoms with E-state index in [2.05, 4.69) is 55.6 Å². The summed E-state index contributed by atoms with van der Waals surface area (Å²) in [5.41, 5.74) is 5.85. The van der Waals surface area contributed by atoms with Crippen molar-refractivity contribution < 1.29 is 4.74 Å². The van der Waals surface area contributed by atoms with Gasteiger partial charge in [0.1, 0.15) is 11.6 Å². The second-order valence-electron chi connectivity index (χ2n) is 9.54. The summed E-state index contributed by atoms with van der Waals surface area (Å²) < 4.78 is 7.47. The predicted octanol–water partition coefficient (Wildman–Crippen LogP) is 4.66. The second kappa shape index (κ2) is 10.2. The van der Waals surface area contributed by atoms with Gasteiger partial charge in [0, 0.05) is 54.8 Å². The minimum atomic E-state index is 0.666. The van der Waals surface area contributed by atoms with Crippen LogP contribution in [0.2, 0.25) is 0 Å². The number of hydrogen-bond donors (Lipinski definition) is 2. The Hall–Kier alpha value is -4.31. The van der Waals surface area contributed by atoms with Crippen LogP contribution in [0, 0.1) is 6.92 Å². The molecule has 5 aromatic rings. The number of aromatic amines is 1. The van der Waals surface area contributed by atoms with E-state index in [1.54, 1.807) is 0 Å². The van der Waals surface area contributed by atoms with Gasteiger partial charge in [0.25, 0.3) is 0 Å². The van der Waals surface area contributed by atoms with E-state index in [9.17, 15) is 0 Å². The van der Waals surface area contributed by atoms with Gasteiger partial charge in [-0.15, -0.1) is 0 Å². The van der Waals surface area contributed by atoms with E-state index < -0.39 is 0 Å². The molecule has 0 atom stereocenters. The fourth-order valence-electron chi connectivity index (χ4n) is 4.77. The first-order chi connectivity index (χ1) is 18.6. The number of rotatable bonds is 7. The van der Waals surface area contributed by atoms with E-state index in [0.29, 0.717) is 25.0 Å². The van der Waals surface area contributed by atoms with E-state index in [-0.39, 0.29) is 0 Å². The van der Waals surface area contributed by atoms with Gasteiger partial charge in [-0.05, 0) is 43.7 Å². The monoisotopic (exact) mass is 509 g/mol. The van der Waals surface area contributed by atoms with Crippen molar-refractivity contribution in [2.45, 2.75) is 26.7 Å². The molecule has 3 aromatic heterocycles. The van der Waals surface area contributed by atoms with Crippen LogP contribution in [0.15, 0.2) is 48.5 Å². The van der Waals surface area contributed by atoms with Crippen LogP contribution in [0.3, 0.4) is 0 Å². The first-order valence-corrected chi connectivity index (χ1v) is 13.0. The van der Waals surface area contributed by atoms with E-state index in [0.717, 1.165) is 76.7 Å². The minimum Gasteiger partial charge on any atom is -0.378 e. The lowest BCUT2D eigenvalue weighted by Gasteiger charge is -2.27. The number of aryl methyl sites for hydroxylation is 3. The third kappa shape index (κ3) is 4.82. The summed E-state index contributed by atoms with van der Waals surface area (Å²) in [6.45, 7) is 7.01. The van der Waals surface area contributed by atoms with Gasteiger partial charge in [-0.2, -0.15) is 15.2 Å². The maximum atomic E-state index is 5.55. The van der Waals surface area contributed by atoms with Crippen LogP contribution in [-0.4, -0.2) is 61.2 Å². The molecule has 10 heteroatoms. The summed E-state index contributed by atoms with van der Waals surface area (Å²) in [5, 5.41) is 16.6. The fraction of sp³-hybridized carbons (Fsp3) is 0.321. The lowest BCUT2D eigenvalue weighted by molar-refractivity contribution is 0.122. The highest BCUT2D eigenvalue weighted by Crippen LogP contribution is 2.29. The lowest BCUT2D eigenvalue weighted by Crippen LogP contribution is -2.37. The van der Waals surface area contributed by atoms with Crippen LogP contribution in [0.1, 0.15) is 24.9 Å². The number of morpholine rings is 1. The number of ether oxygens (including phenoxy) is 1. The topological polar surface area (TPSA) is 110 Å². The molecule has 1 aliphatic rings. The van der Waals surface area contributed by atoms with E-state index in [1.165, 1.54) is 0 Å². The van der Waals surface area contributed by atoms with Crippen molar-refractivity contribution in [2.24, 2.45) is 7.05 Å². The Morgan fingerprint density at radius 1 is 0.974 bits per heavy atom. The molecule has 0 bridgehead atoms. The average molecular weight is 510 g/mol. The SMILES string of the molecule is CCCc1nc(-c2ccc(Nc3cc(-c4ccc5c(C)nn(C)c5c4)nc(N4CCOCC4)n3)cc2)n[nH]1. The minimum absolute atomic E-state index is 0.666. The molecule has 2 N–H and O–H groups in total. The Kier molecular flexibility index (Phi) is 6.47. The van der Waals surface area contributed by atoms with Crippen molar-refractivity contribution in [2.75, 3.05) is 36.5 Å².